The van der Waals surface area contributed by atoms with E-state index in [1.807, 2.05) is 20.8 Å². The summed E-state index contributed by atoms with van der Waals surface area (Å²) in [5.41, 5.74) is 0. The summed E-state index contributed by atoms with van der Waals surface area (Å²) >= 11 is 0. The lowest BCUT2D eigenvalue weighted by molar-refractivity contribution is -0.147. The Kier molecular flexibility index (Phi) is 40.9. The molecule has 4 heteroatoms. The highest BCUT2D eigenvalue weighted by molar-refractivity contribution is 5.69. The Morgan fingerprint density at radius 3 is 1.24 bits per heavy atom. The van der Waals surface area contributed by atoms with Crippen LogP contribution in [0.15, 0.2) is 24.3 Å². The molecule has 0 spiro atoms. The molecule has 4 nitrogen and oxygen atoms in total. The number of carbonyl (C=O) groups excluding carboxylic acids is 2. The van der Waals surface area contributed by atoms with E-state index in [1.165, 1.54) is 141 Å². The minimum Gasteiger partial charge on any atom is -0.466 e. The van der Waals surface area contributed by atoms with Crippen molar-refractivity contribution >= 4 is 11.9 Å². The monoisotopic (exact) mass is 635 g/mol. The van der Waals surface area contributed by atoms with Gasteiger partial charge in [-0.25, -0.2) is 0 Å². The van der Waals surface area contributed by atoms with E-state index in [9.17, 15) is 9.59 Å². The fourth-order valence-electron chi connectivity index (χ4n) is 5.28. The fraction of sp³-hybridized carbons (Fsp3) is 0.854. The Bertz CT molecular complexity index is 652. The number of ether oxygens (including phenoxy) is 2. The van der Waals surface area contributed by atoms with Gasteiger partial charge in [0.05, 0.1) is 12.7 Å². The van der Waals surface area contributed by atoms with Crippen molar-refractivity contribution in [3.63, 3.8) is 0 Å². The zero-order valence-electron chi connectivity index (χ0n) is 31.0. The van der Waals surface area contributed by atoms with Crippen molar-refractivity contribution in [2.75, 3.05) is 6.61 Å². The van der Waals surface area contributed by atoms with E-state index in [0.29, 0.717) is 19.4 Å². The van der Waals surface area contributed by atoms with Gasteiger partial charge in [0.1, 0.15) is 0 Å². The number of allylic oxidation sites excluding steroid dienone is 4. The van der Waals surface area contributed by atoms with Gasteiger partial charge >= 0.3 is 11.9 Å². The molecule has 266 valence electrons. The average Bonchev–Trinajstić information content (AvgIpc) is 3.01. The lowest BCUT2D eigenvalue weighted by atomic mass is 10.0. The van der Waals surface area contributed by atoms with Crippen LogP contribution in [0.25, 0.3) is 0 Å². The van der Waals surface area contributed by atoms with Gasteiger partial charge in [0.15, 0.2) is 0 Å². The quantitative estimate of drug-likeness (QED) is 0.0420. The molecular formula is C41H78O4. The van der Waals surface area contributed by atoms with Gasteiger partial charge in [0.2, 0.25) is 0 Å². The number of esters is 2. The third-order valence-corrected chi connectivity index (χ3v) is 7.99. The number of hydrogen-bond acceptors (Lipinski definition) is 4. The van der Waals surface area contributed by atoms with Crippen molar-refractivity contribution in [3.05, 3.63) is 24.3 Å². The molecule has 0 heterocycles. The van der Waals surface area contributed by atoms with Gasteiger partial charge in [-0.3, -0.25) is 9.59 Å². The van der Waals surface area contributed by atoms with Crippen LogP contribution in [0.4, 0.5) is 0 Å². The predicted molar refractivity (Wildman–Crippen MR) is 197 cm³/mol. The first-order valence-corrected chi connectivity index (χ1v) is 19.6. The highest BCUT2D eigenvalue weighted by atomic mass is 16.5. The fourth-order valence-corrected chi connectivity index (χ4v) is 5.28. The van der Waals surface area contributed by atoms with Crippen LogP contribution in [0.1, 0.15) is 214 Å². The van der Waals surface area contributed by atoms with Gasteiger partial charge in [-0.15, -0.1) is 0 Å². The average molecular weight is 635 g/mol. The molecular weight excluding hydrogens is 556 g/mol. The molecule has 0 aromatic carbocycles. The normalized spacial score (nSPS) is 11.3. The molecule has 45 heavy (non-hydrogen) atoms. The molecule has 0 aliphatic carbocycles. The third kappa shape index (κ3) is 44.6. The second kappa shape index (κ2) is 40.4. The Labute approximate surface area is 282 Å². The second-order valence-corrected chi connectivity index (χ2v) is 13.0. The zero-order chi connectivity index (χ0) is 33.5. The molecule has 0 unspecified atom stereocenters. The first-order chi connectivity index (χ1) is 22.0. The van der Waals surface area contributed by atoms with Crippen LogP contribution in [0, 0.1) is 0 Å². The highest BCUT2D eigenvalue weighted by Gasteiger charge is 2.04. The Morgan fingerprint density at radius 1 is 0.467 bits per heavy atom. The van der Waals surface area contributed by atoms with Crippen molar-refractivity contribution in [1.82, 2.24) is 0 Å². The van der Waals surface area contributed by atoms with Crippen LogP contribution in [-0.2, 0) is 19.1 Å². The van der Waals surface area contributed by atoms with Gasteiger partial charge in [-0.2, -0.15) is 0 Å². The Balaban J connectivity index is 0. The van der Waals surface area contributed by atoms with Crippen molar-refractivity contribution < 1.29 is 19.1 Å². The molecule has 0 bridgehead atoms. The summed E-state index contributed by atoms with van der Waals surface area (Å²) in [7, 11) is 0. The number of rotatable bonds is 32. The maximum absolute atomic E-state index is 11.4. The summed E-state index contributed by atoms with van der Waals surface area (Å²) in [6.07, 6.45) is 44.0. The molecule has 0 aromatic rings. The Morgan fingerprint density at radius 2 is 0.822 bits per heavy atom. The first kappa shape index (κ1) is 45.5. The van der Waals surface area contributed by atoms with Gasteiger partial charge in [-0.05, 0) is 65.7 Å². The maximum Gasteiger partial charge on any atom is 0.306 e. The zero-order valence-corrected chi connectivity index (χ0v) is 31.0. The van der Waals surface area contributed by atoms with E-state index >= 15 is 0 Å². The summed E-state index contributed by atoms with van der Waals surface area (Å²) in [4.78, 5) is 22.5. The highest BCUT2D eigenvalue weighted by Crippen LogP contribution is 2.14. The maximum atomic E-state index is 11.4. The van der Waals surface area contributed by atoms with E-state index in [-0.39, 0.29) is 18.0 Å². The molecule has 0 atom stereocenters. The summed E-state index contributed by atoms with van der Waals surface area (Å²) < 4.78 is 10.0. The van der Waals surface area contributed by atoms with E-state index < -0.39 is 0 Å². The Hall–Kier alpha value is -1.58. The molecule has 0 aromatic heterocycles. The van der Waals surface area contributed by atoms with Crippen molar-refractivity contribution in [2.45, 2.75) is 221 Å². The molecule has 0 saturated carbocycles. The summed E-state index contributed by atoms with van der Waals surface area (Å²) in [5.74, 6) is -0.0807. The van der Waals surface area contributed by atoms with Crippen LogP contribution >= 0.6 is 0 Å². The summed E-state index contributed by atoms with van der Waals surface area (Å²) in [6, 6.07) is 0. The first-order valence-electron chi connectivity index (χ1n) is 19.6. The van der Waals surface area contributed by atoms with E-state index in [1.54, 1.807) is 0 Å². The van der Waals surface area contributed by atoms with Crippen LogP contribution < -0.4 is 0 Å². The largest absolute Gasteiger partial charge is 0.466 e. The number of hydrogen-bond donors (Lipinski definition) is 0. The molecule has 0 fully saturated rings. The molecule has 0 amide bonds. The molecule has 0 radical (unpaired) electrons. The van der Waals surface area contributed by atoms with Crippen LogP contribution in [-0.4, -0.2) is 24.6 Å². The number of carbonyl (C=O) groups is 2. The molecule has 0 N–H and O–H groups in total. The van der Waals surface area contributed by atoms with Crippen molar-refractivity contribution in [1.29, 1.82) is 0 Å². The van der Waals surface area contributed by atoms with Crippen LogP contribution in [0.5, 0.6) is 0 Å². The minimum atomic E-state index is -0.0503. The van der Waals surface area contributed by atoms with E-state index in [0.717, 1.165) is 25.7 Å². The minimum absolute atomic E-state index is 0.0143. The molecule has 0 aliphatic heterocycles. The standard InChI is InChI=1S/C21H38O2.C20H40O2/c1-4-5-6-7-8-9-10-11-12-13-14-15-16-17-18-19-21(22)23-20(2)3;1-3-5-6-7-8-9-10-11-12-13-14-15-16-17-18-19-20(21)22-4-2/h8-9,11-12,20H,4-7,10,13-19H2,1-3H3;3-19H2,1-2H3/b9-8-,12-11-;. The van der Waals surface area contributed by atoms with Gasteiger partial charge in [0.25, 0.3) is 0 Å². The SMILES string of the molecule is CCCCC/C=C\C/C=C\CCCCCCCC(=O)OC(C)C.CCCCCCCCCCCCCCCCCC(=O)OCC. The van der Waals surface area contributed by atoms with Crippen LogP contribution in [0.3, 0.4) is 0 Å². The smallest absolute Gasteiger partial charge is 0.306 e. The van der Waals surface area contributed by atoms with E-state index in [4.69, 9.17) is 9.47 Å². The van der Waals surface area contributed by atoms with Crippen molar-refractivity contribution in [2.24, 2.45) is 0 Å². The van der Waals surface area contributed by atoms with Crippen molar-refractivity contribution in [3.8, 4) is 0 Å². The summed E-state index contributed by atoms with van der Waals surface area (Å²) in [6.45, 7) is 10.7. The summed E-state index contributed by atoms with van der Waals surface area (Å²) in [5, 5.41) is 0. The van der Waals surface area contributed by atoms with Gasteiger partial charge in [-0.1, -0.05) is 160 Å². The van der Waals surface area contributed by atoms with Gasteiger partial charge < -0.3 is 9.47 Å². The van der Waals surface area contributed by atoms with Gasteiger partial charge in [0, 0.05) is 12.8 Å². The number of unbranched alkanes of at least 4 members (excludes halogenated alkanes) is 22. The predicted octanol–water partition coefficient (Wildman–Crippen LogP) is 13.6. The molecule has 0 aliphatic rings. The lowest BCUT2D eigenvalue weighted by Gasteiger charge is -2.07. The molecule has 0 rings (SSSR count). The third-order valence-electron chi connectivity index (χ3n) is 7.99. The van der Waals surface area contributed by atoms with Crippen LogP contribution in [0.2, 0.25) is 0 Å². The van der Waals surface area contributed by atoms with E-state index in [2.05, 4.69) is 38.2 Å². The lowest BCUT2D eigenvalue weighted by Crippen LogP contribution is -2.10. The topological polar surface area (TPSA) is 52.6 Å². The second-order valence-electron chi connectivity index (χ2n) is 13.0. The molecule has 0 saturated heterocycles.